The van der Waals surface area contributed by atoms with E-state index in [0.29, 0.717) is 35.1 Å². The zero-order chi connectivity index (χ0) is 21.6. The Balaban J connectivity index is 2.00. The van der Waals surface area contributed by atoms with E-state index < -0.39 is 0 Å². The molecule has 1 aliphatic carbocycles. The van der Waals surface area contributed by atoms with Crippen molar-refractivity contribution in [2.75, 3.05) is 0 Å². The lowest BCUT2D eigenvalue weighted by molar-refractivity contribution is -0.118. The highest BCUT2D eigenvalue weighted by Crippen LogP contribution is 2.35. The van der Waals surface area contributed by atoms with Crippen molar-refractivity contribution in [3.8, 4) is 0 Å². The average Bonchev–Trinajstić information content (AvgIpc) is 2.64. The van der Waals surface area contributed by atoms with E-state index in [1.165, 1.54) is 0 Å². The number of hydrogen-bond donors (Lipinski definition) is 1. The maximum atomic E-state index is 13.3. The summed E-state index contributed by atoms with van der Waals surface area (Å²) in [5.41, 5.74) is 8.81. The Morgan fingerprint density at radius 2 is 1.28 bits per heavy atom. The fourth-order valence-electron chi connectivity index (χ4n) is 3.89. The van der Waals surface area contributed by atoms with Crippen LogP contribution >= 0.6 is 0 Å². The molecule has 4 nitrogen and oxygen atoms in total. The van der Waals surface area contributed by atoms with E-state index in [9.17, 15) is 14.4 Å². The molecule has 2 aromatic carbocycles. The van der Waals surface area contributed by atoms with Gasteiger partial charge in [-0.15, -0.1) is 0 Å². The number of amides is 1. The summed E-state index contributed by atoms with van der Waals surface area (Å²) < 4.78 is 0. The highest BCUT2D eigenvalue weighted by atomic mass is 16.1. The number of carbonyl (C=O) groups is 3. The number of nitrogens with two attached hydrogens (primary N) is 1. The van der Waals surface area contributed by atoms with Gasteiger partial charge in [0, 0.05) is 28.7 Å². The van der Waals surface area contributed by atoms with Gasteiger partial charge in [-0.05, 0) is 59.1 Å². The largest absolute Gasteiger partial charge is 0.370 e. The molecule has 0 aromatic heterocycles. The number of hydrogen-bond acceptors (Lipinski definition) is 3. The standard InChI is InChI=1S/C25H29NO3/c1-24(2,3)15-8-10-17-19(13-15)23(29)20-14-16(9-11-18(20)22(17)28)25(4,5)12-6-7-21(26)27/h8-11,13-14H,6-7,12H2,1-5H3,(H2,26,27). The van der Waals surface area contributed by atoms with E-state index in [2.05, 4.69) is 34.6 Å². The van der Waals surface area contributed by atoms with Crippen molar-refractivity contribution in [2.24, 2.45) is 5.73 Å². The predicted molar refractivity (Wildman–Crippen MR) is 115 cm³/mol. The molecule has 1 aliphatic rings. The van der Waals surface area contributed by atoms with Gasteiger partial charge in [0.05, 0.1) is 0 Å². The summed E-state index contributed by atoms with van der Waals surface area (Å²) in [5, 5.41) is 0. The summed E-state index contributed by atoms with van der Waals surface area (Å²) in [6.07, 6.45) is 1.79. The molecule has 0 aliphatic heterocycles. The molecule has 0 heterocycles. The highest BCUT2D eigenvalue weighted by molar-refractivity contribution is 6.28. The van der Waals surface area contributed by atoms with Gasteiger partial charge >= 0.3 is 0 Å². The first-order valence-corrected chi connectivity index (χ1v) is 10.1. The second kappa shape index (κ2) is 7.25. The summed E-state index contributed by atoms with van der Waals surface area (Å²) in [4.78, 5) is 37.4. The van der Waals surface area contributed by atoms with E-state index in [1.54, 1.807) is 12.1 Å². The van der Waals surface area contributed by atoms with Crippen molar-refractivity contribution in [2.45, 2.75) is 64.7 Å². The quantitative estimate of drug-likeness (QED) is 0.685. The number of ketones is 2. The average molecular weight is 392 g/mol. The minimum Gasteiger partial charge on any atom is -0.370 e. The Labute approximate surface area is 172 Å². The van der Waals surface area contributed by atoms with Gasteiger partial charge in [-0.3, -0.25) is 14.4 Å². The highest BCUT2D eigenvalue weighted by Gasteiger charge is 2.32. The molecular weight excluding hydrogens is 362 g/mol. The van der Waals surface area contributed by atoms with Gasteiger partial charge in [-0.1, -0.05) is 46.8 Å². The van der Waals surface area contributed by atoms with Crippen molar-refractivity contribution in [1.29, 1.82) is 0 Å². The van der Waals surface area contributed by atoms with E-state index in [4.69, 9.17) is 5.73 Å². The van der Waals surface area contributed by atoms with Crippen LogP contribution in [0.25, 0.3) is 0 Å². The lowest BCUT2D eigenvalue weighted by Gasteiger charge is -2.28. The molecule has 4 heteroatoms. The van der Waals surface area contributed by atoms with E-state index in [0.717, 1.165) is 17.5 Å². The Kier molecular flexibility index (Phi) is 5.24. The topological polar surface area (TPSA) is 77.2 Å². The summed E-state index contributed by atoms with van der Waals surface area (Å²) in [7, 11) is 0. The van der Waals surface area contributed by atoms with Gasteiger partial charge in [0.2, 0.25) is 5.91 Å². The summed E-state index contributed by atoms with van der Waals surface area (Å²) in [6, 6.07) is 11.1. The van der Waals surface area contributed by atoms with Crippen molar-refractivity contribution in [3.05, 3.63) is 69.8 Å². The molecule has 1 amide bonds. The lowest BCUT2D eigenvalue weighted by atomic mass is 9.75. The van der Waals surface area contributed by atoms with Crippen LogP contribution < -0.4 is 5.73 Å². The third-order valence-corrected chi connectivity index (χ3v) is 5.89. The second-order valence-corrected chi connectivity index (χ2v) is 9.63. The zero-order valence-electron chi connectivity index (χ0n) is 17.9. The van der Waals surface area contributed by atoms with E-state index in [1.807, 2.05) is 24.3 Å². The van der Waals surface area contributed by atoms with Crippen LogP contribution in [0.15, 0.2) is 36.4 Å². The van der Waals surface area contributed by atoms with E-state index in [-0.39, 0.29) is 28.3 Å². The molecule has 0 radical (unpaired) electrons. The monoisotopic (exact) mass is 391 g/mol. The van der Waals surface area contributed by atoms with Crippen LogP contribution in [-0.2, 0) is 15.6 Å². The number of carbonyl (C=O) groups excluding carboxylic acids is 3. The SMILES string of the molecule is CC(C)(C)c1ccc2c(c1)C(=O)c1cc(C(C)(C)CCCC(N)=O)ccc1C2=O. The fourth-order valence-corrected chi connectivity index (χ4v) is 3.89. The lowest BCUT2D eigenvalue weighted by Crippen LogP contribution is -2.25. The molecule has 0 saturated heterocycles. The van der Waals surface area contributed by atoms with Crippen LogP contribution in [0.1, 0.15) is 96.9 Å². The molecule has 0 fully saturated rings. The summed E-state index contributed by atoms with van der Waals surface area (Å²) in [5.74, 6) is -0.512. The Bertz CT molecular complexity index is 1010. The number of rotatable bonds is 5. The molecule has 3 rings (SSSR count). The van der Waals surface area contributed by atoms with Gasteiger partial charge in [-0.2, -0.15) is 0 Å². The Morgan fingerprint density at radius 3 is 1.79 bits per heavy atom. The van der Waals surface area contributed by atoms with Crippen LogP contribution in [0.2, 0.25) is 0 Å². The first-order valence-electron chi connectivity index (χ1n) is 10.1. The molecular formula is C25H29NO3. The van der Waals surface area contributed by atoms with Crippen molar-refractivity contribution >= 4 is 17.5 Å². The normalized spacial score (nSPS) is 13.8. The third-order valence-electron chi connectivity index (χ3n) is 5.89. The van der Waals surface area contributed by atoms with Crippen molar-refractivity contribution in [3.63, 3.8) is 0 Å². The molecule has 0 unspecified atom stereocenters. The van der Waals surface area contributed by atoms with Crippen molar-refractivity contribution < 1.29 is 14.4 Å². The smallest absolute Gasteiger partial charge is 0.217 e. The fraction of sp³-hybridized carbons (Fsp3) is 0.400. The van der Waals surface area contributed by atoms with Crippen LogP contribution in [0.5, 0.6) is 0 Å². The maximum Gasteiger partial charge on any atom is 0.217 e. The molecule has 2 aromatic rings. The van der Waals surface area contributed by atoms with Crippen LogP contribution in [-0.4, -0.2) is 17.5 Å². The first-order chi connectivity index (χ1) is 13.4. The van der Waals surface area contributed by atoms with Gasteiger partial charge in [0.25, 0.3) is 0 Å². The maximum absolute atomic E-state index is 13.3. The molecule has 0 bridgehead atoms. The van der Waals surface area contributed by atoms with Gasteiger partial charge < -0.3 is 5.73 Å². The van der Waals surface area contributed by atoms with Crippen molar-refractivity contribution in [1.82, 2.24) is 0 Å². The molecule has 29 heavy (non-hydrogen) atoms. The minimum atomic E-state index is -0.307. The van der Waals surface area contributed by atoms with Crippen LogP contribution in [0, 0.1) is 0 Å². The first kappa shape index (κ1) is 21.0. The van der Waals surface area contributed by atoms with Gasteiger partial charge in [0.15, 0.2) is 11.6 Å². The van der Waals surface area contributed by atoms with Crippen LogP contribution in [0.4, 0.5) is 0 Å². The minimum absolute atomic E-state index is 0.101. The summed E-state index contributed by atoms with van der Waals surface area (Å²) in [6.45, 7) is 10.4. The second-order valence-electron chi connectivity index (χ2n) is 9.63. The molecule has 0 spiro atoms. The third kappa shape index (κ3) is 4.02. The zero-order valence-corrected chi connectivity index (χ0v) is 17.9. The Hall–Kier alpha value is -2.75. The Morgan fingerprint density at radius 1 is 0.793 bits per heavy atom. The summed E-state index contributed by atoms with van der Waals surface area (Å²) >= 11 is 0. The molecule has 152 valence electrons. The molecule has 0 saturated carbocycles. The van der Waals surface area contributed by atoms with E-state index >= 15 is 0 Å². The van der Waals surface area contributed by atoms with Gasteiger partial charge in [0.1, 0.15) is 0 Å². The number of benzene rings is 2. The van der Waals surface area contributed by atoms with Crippen LogP contribution in [0.3, 0.4) is 0 Å². The predicted octanol–water partition coefficient (Wildman–Crippen LogP) is 4.69. The molecule has 2 N–H and O–H groups in total. The number of primary amides is 1. The number of fused-ring (bicyclic) bond motifs is 2. The van der Waals surface area contributed by atoms with Gasteiger partial charge in [-0.25, -0.2) is 0 Å². The molecule has 0 atom stereocenters.